The number of urea groups is 1. The Kier molecular flexibility index (Phi) is 5.36. The highest BCUT2D eigenvalue weighted by Gasteiger charge is 2.25. The number of rotatable bonds is 4. The first-order chi connectivity index (χ1) is 8.41. The van der Waals surface area contributed by atoms with Crippen LogP contribution in [0, 0.1) is 0 Å². The van der Waals surface area contributed by atoms with Crippen LogP contribution >= 0.6 is 0 Å². The van der Waals surface area contributed by atoms with Crippen molar-refractivity contribution in [1.29, 1.82) is 0 Å². The minimum absolute atomic E-state index is 0.0171. The third-order valence-corrected chi connectivity index (χ3v) is 3.07. The van der Waals surface area contributed by atoms with E-state index in [0.717, 1.165) is 13.1 Å². The van der Waals surface area contributed by atoms with Gasteiger partial charge in [-0.25, -0.2) is 9.59 Å². The molecule has 7 nitrogen and oxygen atoms in total. The monoisotopic (exact) mass is 259 g/mol. The van der Waals surface area contributed by atoms with Gasteiger partial charge in [-0.15, -0.1) is 0 Å². The lowest BCUT2D eigenvalue weighted by atomic mass is 10.2. The second kappa shape index (κ2) is 6.55. The van der Waals surface area contributed by atoms with Gasteiger partial charge in [0, 0.05) is 38.6 Å². The van der Waals surface area contributed by atoms with Gasteiger partial charge in [0.05, 0.1) is 0 Å². The molecule has 1 aliphatic rings. The number of carbonyl (C=O) groups is 2. The Balaban J connectivity index is 2.30. The number of amides is 2. The molecule has 0 saturated carbocycles. The first-order valence-electron chi connectivity index (χ1n) is 6.05. The predicted molar refractivity (Wildman–Crippen MR) is 65.3 cm³/mol. The highest BCUT2D eigenvalue weighted by atomic mass is 16.4. The molecule has 0 aromatic heterocycles. The van der Waals surface area contributed by atoms with Crippen LogP contribution in [-0.2, 0) is 4.79 Å². The smallest absolute Gasteiger partial charge is 0.332 e. The van der Waals surface area contributed by atoms with E-state index in [2.05, 4.69) is 10.2 Å². The molecular formula is C11H21N3O4. The molecule has 0 spiro atoms. The van der Waals surface area contributed by atoms with E-state index in [0.29, 0.717) is 6.54 Å². The predicted octanol–water partition coefficient (Wildman–Crippen LogP) is -0.832. The molecule has 1 fully saturated rings. The molecule has 2 unspecified atom stereocenters. The van der Waals surface area contributed by atoms with Gasteiger partial charge in [-0.2, -0.15) is 0 Å². The van der Waals surface area contributed by atoms with Crippen molar-refractivity contribution in [3.63, 3.8) is 0 Å². The molecule has 104 valence electrons. The topological polar surface area (TPSA) is 93.1 Å². The molecule has 1 heterocycles. The van der Waals surface area contributed by atoms with E-state index in [1.165, 1.54) is 0 Å². The fraction of sp³-hybridized carbons (Fsp3) is 0.818. The summed E-state index contributed by atoms with van der Waals surface area (Å²) in [4.78, 5) is 26.1. The van der Waals surface area contributed by atoms with Crippen LogP contribution in [0.1, 0.15) is 13.3 Å². The Labute approximate surface area is 106 Å². The molecular weight excluding hydrogens is 238 g/mol. The van der Waals surface area contributed by atoms with E-state index in [4.69, 9.17) is 10.2 Å². The van der Waals surface area contributed by atoms with Crippen molar-refractivity contribution in [2.24, 2.45) is 0 Å². The second-order valence-corrected chi connectivity index (χ2v) is 4.68. The molecule has 0 bridgehead atoms. The number of hydrogen-bond donors (Lipinski definition) is 3. The molecule has 1 rings (SSSR count). The van der Waals surface area contributed by atoms with Crippen molar-refractivity contribution in [2.75, 3.05) is 33.2 Å². The minimum Gasteiger partial charge on any atom is -0.479 e. The van der Waals surface area contributed by atoms with Gasteiger partial charge in [0.15, 0.2) is 6.10 Å². The van der Waals surface area contributed by atoms with Gasteiger partial charge in [-0.05, 0) is 14.0 Å². The van der Waals surface area contributed by atoms with Gasteiger partial charge in [0.25, 0.3) is 0 Å². The highest BCUT2D eigenvalue weighted by Crippen LogP contribution is 2.07. The number of hydrogen-bond acceptors (Lipinski definition) is 4. The average molecular weight is 259 g/mol. The number of aliphatic carboxylic acids is 1. The van der Waals surface area contributed by atoms with E-state index >= 15 is 0 Å². The molecule has 1 saturated heterocycles. The summed E-state index contributed by atoms with van der Waals surface area (Å²) in [5.74, 6) is -1.27. The van der Waals surface area contributed by atoms with Crippen LogP contribution in [0.3, 0.4) is 0 Å². The Bertz CT molecular complexity index is 311. The molecule has 0 aliphatic carbocycles. The van der Waals surface area contributed by atoms with E-state index in [-0.39, 0.29) is 25.0 Å². The summed E-state index contributed by atoms with van der Waals surface area (Å²) in [7, 11) is 2.01. The Morgan fingerprint density at radius 3 is 2.67 bits per heavy atom. The average Bonchev–Trinajstić information content (AvgIpc) is 2.28. The Morgan fingerprint density at radius 1 is 1.44 bits per heavy atom. The standard InChI is InChI=1S/C11H21N3O4/c1-8-7-13(2)5-6-14(8)11(18)12-4-3-9(15)10(16)17/h8-9,15H,3-7H2,1-2H3,(H,12,18)(H,16,17). The van der Waals surface area contributed by atoms with Gasteiger partial charge in [0.2, 0.25) is 0 Å². The van der Waals surface area contributed by atoms with E-state index in [1.54, 1.807) is 4.90 Å². The SMILES string of the molecule is CC1CN(C)CCN1C(=O)NCCC(O)C(=O)O. The van der Waals surface area contributed by atoms with Crippen LogP contribution in [0.15, 0.2) is 0 Å². The third kappa shape index (κ3) is 4.15. The molecule has 0 radical (unpaired) electrons. The maximum absolute atomic E-state index is 11.8. The van der Waals surface area contributed by atoms with E-state index in [1.807, 2.05) is 14.0 Å². The first kappa shape index (κ1) is 14.7. The van der Waals surface area contributed by atoms with Crippen molar-refractivity contribution in [3.8, 4) is 0 Å². The quantitative estimate of drug-likeness (QED) is 0.612. The zero-order valence-electron chi connectivity index (χ0n) is 10.8. The number of aliphatic hydroxyl groups excluding tert-OH is 1. The van der Waals surface area contributed by atoms with Crippen LogP contribution in [0.4, 0.5) is 4.79 Å². The number of carboxylic acid groups (broad SMARTS) is 1. The summed E-state index contributed by atoms with van der Waals surface area (Å²) in [6.07, 6.45) is -1.40. The number of nitrogens with one attached hydrogen (secondary N) is 1. The Hall–Kier alpha value is -1.34. The van der Waals surface area contributed by atoms with Crippen LogP contribution in [0.25, 0.3) is 0 Å². The first-order valence-corrected chi connectivity index (χ1v) is 6.05. The molecule has 1 aliphatic heterocycles. The van der Waals surface area contributed by atoms with Gasteiger partial charge in [0.1, 0.15) is 0 Å². The number of aliphatic hydroxyl groups is 1. The van der Waals surface area contributed by atoms with Crippen LogP contribution in [-0.4, -0.2) is 77.4 Å². The number of carbonyl (C=O) groups excluding carboxylic acids is 1. The molecule has 3 N–H and O–H groups in total. The van der Waals surface area contributed by atoms with Gasteiger partial charge < -0.3 is 25.3 Å². The van der Waals surface area contributed by atoms with Gasteiger partial charge in [-0.3, -0.25) is 0 Å². The fourth-order valence-electron chi connectivity index (χ4n) is 1.98. The number of piperazine rings is 1. The summed E-state index contributed by atoms with van der Waals surface area (Å²) in [6, 6.07) is -0.0682. The number of nitrogens with zero attached hydrogens (tertiary/aromatic N) is 2. The van der Waals surface area contributed by atoms with E-state index in [9.17, 15) is 9.59 Å². The van der Waals surface area contributed by atoms with Crippen molar-refractivity contribution in [2.45, 2.75) is 25.5 Å². The lowest BCUT2D eigenvalue weighted by Crippen LogP contribution is -2.55. The molecule has 2 amide bonds. The van der Waals surface area contributed by atoms with Gasteiger partial charge in [-0.1, -0.05) is 0 Å². The lowest BCUT2D eigenvalue weighted by Gasteiger charge is -2.38. The maximum Gasteiger partial charge on any atom is 0.332 e. The summed E-state index contributed by atoms with van der Waals surface area (Å²) in [5.41, 5.74) is 0. The fourth-order valence-corrected chi connectivity index (χ4v) is 1.98. The zero-order chi connectivity index (χ0) is 13.7. The highest BCUT2D eigenvalue weighted by molar-refractivity contribution is 5.75. The largest absolute Gasteiger partial charge is 0.479 e. The molecule has 0 aromatic carbocycles. The second-order valence-electron chi connectivity index (χ2n) is 4.68. The molecule has 2 atom stereocenters. The van der Waals surface area contributed by atoms with Crippen LogP contribution < -0.4 is 5.32 Å². The van der Waals surface area contributed by atoms with Crippen LogP contribution in [0.5, 0.6) is 0 Å². The van der Waals surface area contributed by atoms with Gasteiger partial charge >= 0.3 is 12.0 Å². The van der Waals surface area contributed by atoms with E-state index < -0.39 is 12.1 Å². The summed E-state index contributed by atoms with van der Waals surface area (Å²) < 4.78 is 0. The van der Waals surface area contributed by atoms with Crippen molar-refractivity contribution in [3.05, 3.63) is 0 Å². The normalized spacial score (nSPS) is 22.6. The number of likely N-dealkylation sites (N-methyl/N-ethyl adjacent to an activating group) is 1. The third-order valence-electron chi connectivity index (χ3n) is 3.07. The summed E-state index contributed by atoms with van der Waals surface area (Å²) in [6.45, 7) is 4.44. The van der Waals surface area contributed by atoms with Crippen LogP contribution in [0.2, 0.25) is 0 Å². The lowest BCUT2D eigenvalue weighted by molar-refractivity contribution is -0.146. The Morgan fingerprint density at radius 2 is 2.11 bits per heavy atom. The van der Waals surface area contributed by atoms with Crippen molar-refractivity contribution in [1.82, 2.24) is 15.1 Å². The maximum atomic E-state index is 11.8. The summed E-state index contributed by atoms with van der Waals surface area (Å²) in [5, 5.41) is 20.2. The number of carboxylic acids is 1. The molecule has 18 heavy (non-hydrogen) atoms. The zero-order valence-corrected chi connectivity index (χ0v) is 10.8. The minimum atomic E-state index is -1.42. The van der Waals surface area contributed by atoms with Crippen molar-refractivity contribution >= 4 is 12.0 Å². The molecule has 7 heteroatoms. The van der Waals surface area contributed by atoms with Crippen molar-refractivity contribution < 1.29 is 19.8 Å². The molecule has 0 aromatic rings. The summed E-state index contributed by atoms with van der Waals surface area (Å²) >= 11 is 0.